The van der Waals surface area contributed by atoms with Gasteiger partial charge in [-0.05, 0) is 141 Å². The van der Waals surface area contributed by atoms with Gasteiger partial charge in [0.2, 0.25) is 0 Å². The molecule has 0 heterocycles. The van der Waals surface area contributed by atoms with Gasteiger partial charge in [0.05, 0.1) is 0 Å². The Morgan fingerprint density at radius 3 is 0.918 bits per heavy atom. The summed E-state index contributed by atoms with van der Waals surface area (Å²) in [5.41, 5.74) is 0. The fraction of sp³-hybridized carbons (Fsp3) is 0.537. The normalized spacial score (nSPS) is 13.4. The SMILES string of the molecule is CC/C=C\C/C=C\C/C=C\C/C=C\C/C=C\CCCCCC(=O)OC[C@H](COC(=O)CCC/C=C\C/C=C\C/C=C\C/C=C\CCCCC)OC(=O)CC/C=C\C/C=C\C/C=C\C/C=C\C/C=C\CCCCC. The van der Waals surface area contributed by atoms with Crippen molar-refractivity contribution in [3.05, 3.63) is 170 Å². The highest BCUT2D eigenvalue weighted by Crippen LogP contribution is 2.10. The summed E-state index contributed by atoms with van der Waals surface area (Å²) in [6.45, 7) is 6.31. The molecule has 0 aliphatic heterocycles. The molecule has 1 atom stereocenters. The molecule has 0 bridgehead atoms. The predicted molar refractivity (Wildman–Crippen MR) is 315 cm³/mol. The third-order valence-electron chi connectivity index (χ3n) is 11.2. The number of esters is 3. The largest absolute Gasteiger partial charge is 0.462 e. The maximum atomic E-state index is 12.8. The Kier molecular flexibility index (Phi) is 55.1. The molecule has 0 spiro atoms. The smallest absolute Gasteiger partial charge is 0.306 e. The topological polar surface area (TPSA) is 78.9 Å². The Labute approximate surface area is 447 Å². The van der Waals surface area contributed by atoms with Crippen LogP contribution in [-0.4, -0.2) is 37.2 Å². The zero-order valence-corrected chi connectivity index (χ0v) is 46.3. The van der Waals surface area contributed by atoms with Gasteiger partial charge >= 0.3 is 17.9 Å². The van der Waals surface area contributed by atoms with Crippen molar-refractivity contribution >= 4 is 17.9 Å². The summed E-state index contributed by atoms with van der Waals surface area (Å²) >= 11 is 0. The van der Waals surface area contributed by atoms with Crippen molar-refractivity contribution in [2.45, 2.75) is 219 Å². The van der Waals surface area contributed by atoms with E-state index >= 15 is 0 Å². The van der Waals surface area contributed by atoms with E-state index in [0.717, 1.165) is 109 Å². The molecule has 0 aliphatic rings. The van der Waals surface area contributed by atoms with Gasteiger partial charge in [-0.25, -0.2) is 0 Å². The lowest BCUT2D eigenvalue weighted by Gasteiger charge is -2.18. The zero-order chi connectivity index (χ0) is 52.9. The van der Waals surface area contributed by atoms with Gasteiger partial charge in [0.15, 0.2) is 6.10 Å². The van der Waals surface area contributed by atoms with Crippen molar-refractivity contribution in [2.24, 2.45) is 0 Å². The average molecular weight is 1000 g/mol. The van der Waals surface area contributed by atoms with Crippen LogP contribution in [-0.2, 0) is 28.6 Å². The van der Waals surface area contributed by atoms with E-state index in [1.807, 2.05) is 12.2 Å². The van der Waals surface area contributed by atoms with Gasteiger partial charge in [0.25, 0.3) is 0 Å². The molecular formula is C67H102O6. The number of allylic oxidation sites excluding steroid dienone is 28. The van der Waals surface area contributed by atoms with E-state index in [0.29, 0.717) is 12.8 Å². The molecular weight excluding hydrogens is 901 g/mol. The molecule has 73 heavy (non-hydrogen) atoms. The summed E-state index contributed by atoms with van der Waals surface area (Å²) in [4.78, 5) is 38.1. The van der Waals surface area contributed by atoms with Gasteiger partial charge in [-0.15, -0.1) is 0 Å². The monoisotopic (exact) mass is 1000 g/mol. The number of carbonyl (C=O) groups is 3. The van der Waals surface area contributed by atoms with Crippen molar-refractivity contribution in [1.29, 1.82) is 0 Å². The lowest BCUT2D eigenvalue weighted by molar-refractivity contribution is -0.166. The fourth-order valence-corrected chi connectivity index (χ4v) is 6.91. The van der Waals surface area contributed by atoms with Crippen LogP contribution in [0.15, 0.2) is 170 Å². The van der Waals surface area contributed by atoms with Crippen LogP contribution in [0.1, 0.15) is 213 Å². The predicted octanol–water partition coefficient (Wildman–Crippen LogP) is 19.5. The van der Waals surface area contributed by atoms with E-state index in [9.17, 15) is 14.4 Å². The van der Waals surface area contributed by atoms with Gasteiger partial charge in [0, 0.05) is 19.3 Å². The van der Waals surface area contributed by atoms with Gasteiger partial charge < -0.3 is 14.2 Å². The van der Waals surface area contributed by atoms with E-state index < -0.39 is 12.1 Å². The number of carbonyl (C=O) groups excluding carboxylic acids is 3. The number of hydrogen-bond donors (Lipinski definition) is 0. The number of rotatable bonds is 49. The Morgan fingerprint density at radius 1 is 0.288 bits per heavy atom. The lowest BCUT2D eigenvalue weighted by atomic mass is 10.1. The summed E-state index contributed by atoms with van der Waals surface area (Å²) in [7, 11) is 0. The first-order valence-electron chi connectivity index (χ1n) is 28.6. The van der Waals surface area contributed by atoms with Gasteiger partial charge in [-0.1, -0.05) is 223 Å². The summed E-state index contributed by atoms with van der Waals surface area (Å²) < 4.78 is 16.7. The number of hydrogen-bond acceptors (Lipinski definition) is 6. The molecule has 0 saturated heterocycles. The average Bonchev–Trinajstić information content (AvgIpc) is 3.39. The first kappa shape index (κ1) is 67.8. The van der Waals surface area contributed by atoms with Crippen molar-refractivity contribution in [1.82, 2.24) is 0 Å². The molecule has 406 valence electrons. The van der Waals surface area contributed by atoms with E-state index in [-0.39, 0.29) is 44.4 Å². The maximum absolute atomic E-state index is 12.8. The van der Waals surface area contributed by atoms with E-state index in [1.165, 1.54) is 51.4 Å². The van der Waals surface area contributed by atoms with Crippen LogP contribution in [0.5, 0.6) is 0 Å². The van der Waals surface area contributed by atoms with Crippen LogP contribution in [0.3, 0.4) is 0 Å². The summed E-state index contributed by atoms with van der Waals surface area (Å²) in [6.07, 6.45) is 87.8. The van der Waals surface area contributed by atoms with Crippen LogP contribution in [0.2, 0.25) is 0 Å². The molecule has 0 fully saturated rings. The second-order valence-corrected chi connectivity index (χ2v) is 18.1. The molecule has 0 saturated carbocycles. The molecule has 0 rings (SSSR count). The third-order valence-corrected chi connectivity index (χ3v) is 11.2. The molecule has 0 unspecified atom stereocenters. The Balaban J connectivity index is 4.69. The summed E-state index contributed by atoms with van der Waals surface area (Å²) in [6, 6.07) is 0. The van der Waals surface area contributed by atoms with E-state index in [2.05, 4.69) is 179 Å². The van der Waals surface area contributed by atoms with Gasteiger partial charge in [-0.3, -0.25) is 14.4 Å². The first-order chi connectivity index (χ1) is 36.0. The summed E-state index contributed by atoms with van der Waals surface area (Å²) in [5, 5.41) is 0. The Morgan fingerprint density at radius 2 is 0.575 bits per heavy atom. The Bertz CT molecular complexity index is 1720. The molecule has 6 heteroatoms. The summed E-state index contributed by atoms with van der Waals surface area (Å²) in [5.74, 6) is -1.13. The number of unbranched alkanes of at least 4 members (excludes halogenated alkanes) is 10. The maximum Gasteiger partial charge on any atom is 0.306 e. The molecule has 0 amide bonds. The van der Waals surface area contributed by atoms with Crippen LogP contribution in [0.4, 0.5) is 0 Å². The third kappa shape index (κ3) is 57.5. The minimum atomic E-state index is -0.864. The molecule has 6 nitrogen and oxygen atoms in total. The van der Waals surface area contributed by atoms with E-state index in [4.69, 9.17) is 14.2 Å². The molecule has 0 aromatic rings. The van der Waals surface area contributed by atoms with E-state index in [1.54, 1.807) is 0 Å². The van der Waals surface area contributed by atoms with Crippen LogP contribution >= 0.6 is 0 Å². The van der Waals surface area contributed by atoms with Crippen molar-refractivity contribution < 1.29 is 28.6 Å². The lowest BCUT2D eigenvalue weighted by Crippen LogP contribution is -2.30. The second-order valence-electron chi connectivity index (χ2n) is 18.1. The standard InChI is InChI=1S/C67H102O6/c1-4-7-10-13-16-19-22-25-28-31-33-36-39-42-45-48-51-54-57-60-66(69)72-63-64(62-71-65(68)59-56-53-50-47-44-41-38-35-30-27-24-21-18-15-12-9-6-3)73-67(70)61-58-55-52-49-46-43-40-37-34-32-29-26-23-20-17-14-11-8-5-2/h7,10,16-21,25-30,33-34,36-38,41-43,45-47,50,52,55,64H,4-6,8-9,11-15,22-24,31-32,35,39-40,44,48-49,51,53-54,56-63H2,1-3H3/b10-7-,19-16-,20-17-,21-18-,28-25-,29-26-,30-27-,36-33-,37-34-,41-38-,45-42-,46-43-,50-47-,55-52-/t64-/m0/s1. The molecule has 0 N–H and O–H groups in total. The van der Waals surface area contributed by atoms with Crippen LogP contribution in [0.25, 0.3) is 0 Å². The van der Waals surface area contributed by atoms with Crippen molar-refractivity contribution in [2.75, 3.05) is 13.2 Å². The number of ether oxygens (including phenoxy) is 3. The minimum absolute atomic E-state index is 0.151. The Hall–Kier alpha value is -5.23. The highest BCUT2D eigenvalue weighted by molar-refractivity contribution is 5.71. The van der Waals surface area contributed by atoms with Gasteiger partial charge in [0.1, 0.15) is 13.2 Å². The first-order valence-corrected chi connectivity index (χ1v) is 28.6. The fourth-order valence-electron chi connectivity index (χ4n) is 6.91. The highest BCUT2D eigenvalue weighted by atomic mass is 16.6. The minimum Gasteiger partial charge on any atom is -0.462 e. The zero-order valence-electron chi connectivity index (χ0n) is 46.3. The molecule has 0 aromatic carbocycles. The highest BCUT2D eigenvalue weighted by Gasteiger charge is 2.19. The second kappa shape index (κ2) is 59.3. The van der Waals surface area contributed by atoms with Gasteiger partial charge in [-0.2, -0.15) is 0 Å². The van der Waals surface area contributed by atoms with Crippen LogP contribution in [0, 0.1) is 0 Å². The van der Waals surface area contributed by atoms with Crippen molar-refractivity contribution in [3.8, 4) is 0 Å². The molecule has 0 radical (unpaired) electrons. The molecule has 0 aliphatic carbocycles. The van der Waals surface area contributed by atoms with Crippen LogP contribution < -0.4 is 0 Å². The van der Waals surface area contributed by atoms with Crippen molar-refractivity contribution in [3.63, 3.8) is 0 Å². The molecule has 0 aromatic heterocycles. The quantitative estimate of drug-likeness (QED) is 0.0261.